The molecule has 0 aliphatic heterocycles. The van der Waals surface area contributed by atoms with E-state index >= 15 is 0 Å². The van der Waals surface area contributed by atoms with Gasteiger partial charge >= 0.3 is 5.97 Å². The van der Waals surface area contributed by atoms with Crippen LogP contribution in [0.4, 0.5) is 0 Å². The van der Waals surface area contributed by atoms with E-state index in [1.165, 1.54) is 18.9 Å². The van der Waals surface area contributed by atoms with Crippen LogP contribution in [0.3, 0.4) is 0 Å². The van der Waals surface area contributed by atoms with E-state index < -0.39 is 0 Å². The maximum Gasteiger partial charge on any atom is 0.330 e. The zero-order valence-electron chi connectivity index (χ0n) is 13.3. The second-order valence-corrected chi connectivity index (χ2v) is 5.12. The third-order valence-corrected chi connectivity index (χ3v) is 3.54. The van der Waals surface area contributed by atoms with Crippen molar-refractivity contribution in [1.29, 1.82) is 0 Å². The number of para-hydroxylation sites is 1. The highest BCUT2D eigenvalue weighted by atomic mass is 16.5. The van der Waals surface area contributed by atoms with Crippen molar-refractivity contribution in [2.75, 3.05) is 13.7 Å². The first-order chi connectivity index (χ1) is 10.2. The summed E-state index contributed by atoms with van der Waals surface area (Å²) in [7, 11) is 1.62. The molecule has 1 unspecified atom stereocenters. The summed E-state index contributed by atoms with van der Waals surface area (Å²) in [6, 6.07) is 7.57. The molecule has 1 atom stereocenters. The molecule has 3 nitrogen and oxygen atoms in total. The van der Waals surface area contributed by atoms with Crippen LogP contribution < -0.4 is 4.74 Å². The van der Waals surface area contributed by atoms with Gasteiger partial charge in [-0.05, 0) is 24.5 Å². The second-order valence-electron chi connectivity index (χ2n) is 5.12. The van der Waals surface area contributed by atoms with E-state index in [4.69, 9.17) is 9.47 Å². The summed E-state index contributed by atoms with van der Waals surface area (Å²) in [6.07, 6.45) is 7.73. The third kappa shape index (κ3) is 6.48. The van der Waals surface area contributed by atoms with Gasteiger partial charge in [-0.15, -0.1) is 0 Å². The number of carbonyl (C=O) groups excluding carboxylic acids is 1. The number of hydrogen-bond acceptors (Lipinski definition) is 3. The number of rotatable bonds is 9. The predicted molar refractivity (Wildman–Crippen MR) is 86.3 cm³/mol. The largest absolute Gasteiger partial charge is 0.496 e. The summed E-state index contributed by atoms with van der Waals surface area (Å²) in [4.78, 5) is 11.8. The number of ether oxygens (including phenoxy) is 2. The van der Waals surface area contributed by atoms with Crippen LogP contribution in [0.5, 0.6) is 5.75 Å². The summed E-state index contributed by atoms with van der Waals surface area (Å²) in [5.74, 6) is 0.917. The molecular weight excluding hydrogens is 264 g/mol. The van der Waals surface area contributed by atoms with E-state index in [2.05, 4.69) is 13.8 Å². The van der Waals surface area contributed by atoms with Crippen LogP contribution in [0.1, 0.15) is 45.1 Å². The monoisotopic (exact) mass is 290 g/mol. The van der Waals surface area contributed by atoms with Gasteiger partial charge in [-0.2, -0.15) is 0 Å². The van der Waals surface area contributed by atoms with Crippen molar-refractivity contribution in [3.8, 4) is 5.75 Å². The average molecular weight is 290 g/mol. The Labute approximate surface area is 128 Å². The molecule has 0 aliphatic carbocycles. The second kappa shape index (κ2) is 10.0. The Balaban J connectivity index is 2.47. The SMILES string of the molecule is CCCCC(CC)COC(=O)C=Cc1ccccc1OC. The van der Waals surface area contributed by atoms with Gasteiger partial charge in [-0.3, -0.25) is 0 Å². The molecule has 21 heavy (non-hydrogen) atoms. The first-order valence-corrected chi connectivity index (χ1v) is 7.69. The molecule has 0 fully saturated rings. The molecule has 0 saturated heterocycles. The Bertz CT molecular complexity index is 452. The molecule has 0 radical (unpaired) electrons. The first-order valence-electron chi connectivity index (χ1n) is 7.69. The van der Waals surface area contributed by atoms with Crippen LogP contribution in [0.15, 0.2) is 30.3 Å². The number of methoxy groups -OCH3 is 1. The highest BCUT2D eigenvalue weighted by molar-refractivity contribution is 5.87. The minimum Gasteiger partial charge on any atom is -0.496 e. The molecular formula is C18H26O3. The molecule has 0 heterocycles. The van der Waals surface area contributed by atoms with Gasteiger partial charge in [0, 0.05) is 11.6 Å². The molecule has 116 valence electrons. The van der Waals surface area contributed by atoms with Crippen molar-refractivity contribution < 1.29 is 14.3 Å². The van der Waals surface area contributed by atoms with Gasteiger partial charge < -0.3 is 9.47 Å². The van der Waals surface area contributed by atoms with Crippen molar-refractivity contribution in [3.05, 3.63) is 35.9 Å². The molecule has 1 aromatic rings. The summed E-state index contributed by atoms with van der Waals surface area (Å²) < 4.78 is 10.6. The third-order valence-electron chi connectivity index (χ3n) is 3.54. The molecule has 0 aliphatic rings. The molecule has 1 rings (SSSR count). The van der Waals surface area contributed by atoms with Crippen LogP contribution in [-0.2, 0) is 9.53 Å². The molecule has 0 saturated carbocycles. The highest BCUT2D eigenvalue weighted by Gasteiger charge is 2.08. The quantitative estimate of drug-likeness (QED) is 0.497. The fourth-order valence-corrected chi connectivity index (χ4v) is 2.11. The Kier molecular flexibility index (Phi) is 8.25. The normalized spacial score (nSPS) is 12.3. The standard InChI is InChI=1S/C18H26O3/c1-4-6-9-15(5-2)14-21-18(19)13-12-16-10-7-8-11-17(16)20-3/h7-8,10-13,15H,4-6,9,14H2,1-3H3. The van der Waals surface area contributed by atoms with E-state index in [1.54, 1.807) is 13.2 Å². The number of carbonyl (C=O) groups is 1. The van der Waals surface area contributed by atoms with Crippen LogP contribution in [0.25, 0.3) is 6.08 Å². The lowest BCUT2D eigenvalue weighted by Gasteiger charge is -2.13. The predicted octanol–water partition coefficient (Wildman–Crippen LogP) is 4.47. The van der Waals surface area contributed by atoms with E-state index in [1.807, 2.05) is 24.3 Å². The molecule has 0 aromatic heterocycles. The van der Waals surface area contributed by atoms with Gasteiger partial charge in [0.2, 0.25) is 0 Å². The maximum absolute atomic E-state index is 11.8. The van der Waals surface area contributed by atoms with Crippen LogP contribution in [0, 0.1) is 5.92 Å². The molecule has 1 aromatic carbocycles. The smallest absolute Gasteiger partial charge is 0.330 e. The van der Waals surface area contributed by atoms with Gasteiger partial charge in [0.05, 0.1) is 13.7 Å². The zero-order chi connectivity index (χ0) is 15.5. The van der Waals surface area contributed by atoms with Gasteiger partial charge in [-0.25, -0.2) is 4.79 Å². The molecule has 0 bridgehead atoms. The van der Waals surface area contributed by atoms with Crippen LogP contribution in [-0.4, -0.2) is 19.7 Å². The molecule has 0 spiro atoms. The van der Waals surface area contributed by atoms with Gasteiger partial charge in [0.1, 0.15) is 5.75 Å². The molecule has 0 amide bonds. The van der Waals surface area contributed by atoms with Gasteiger partial charge in [0.25, 0.3) is 0 Å². The number of hydrogen-bond donors (Lipinski definition) is 0. The molecule has 3 heteroatoms. The molecule has 0 N–H and O–H groups in total. The fourth-order valence-electron chi connectivity index (χ4n) is 2.11. The van der Waals surface area contributed by atoms with E-state index in [-0.39, 0.29) is 5.97 Å². The highest BCUT2D eigenvalue weighted by Crippen LogP contribution is 2.18. The van der Waals surface area contributed by atoms with Crippen molar-refractivity contribution in [3.63, 3.8) is 0 Å². The van der Waals surface area contributed by atoms with E-state index in [0.717, 1.165) is 24.2 Å². The Hall–Kier alpha value is -1.77. The lowest BCUT2D eigenvalue weighted by molar-refractivity contribution is -0.139. The Morgan fingerprint density at radius 2 is 2.05 bits per heavy atom. The van der Waals surface area contributed by atoms with Crippen molar-refractivity contribution >= 4 is 12.0 Å². The zero-order valence-corrected chi connectivity index (χ0v) is 13.3. The minimum atomic E-state index is -0.296. The summed E-state index contributed by atoms with van der Waals surface area (Å²) in [6.45, 7) is 4.82. The van der Waals surface area contributed by atoms with E-state index in [0.29, 0.717) is 12.5 Å². The summed E-state index contributed by atoms with van der Waals surface area (Å²) >= 11 is 0. The average Bonchev–Trinajstić information content (AvgIpc) is 2.53. The van der Waals surface area contributed by atoms with Crippen molar-refractivity contribution in [1.82, 2.24) is 0 Å². The van der Waals surface area contributed by atoms with Crippen molar-refractivity contribution in [2.45, 2.75) is 39.5 Å². The summed E-state index contributed by atoms with van der Waals surface area (Å²) in [5.41, 5.74) is 0.870. The number of unbranched alkanes of at least 4 members (excludes halogenated alkanes) is 1. The van der Waals surface area contributed by atoms with Crippen molar-refractivity contribution in [2.24, 2.45) is 5.92 Å². The first kappa shape index (κ1) is 17.3. The minimum absolute atomic E-state index is 0.296. The van der Waals surface area contributed by atoms with Crippen LogP contribution >= 0.6 is 0 Å². The Morgan fingerprint density at radius 3 is 2.71 bits per heavy atom. The number of esters is 1. The van der Waals surface area contributed by atoms with Gasteiger partial charge in [0.15, 0.2) is 0 Å². The lowest BCUT2D eigenvalue weighted by Crippen LogP contribution is -2.12. The maximum atomic E-state index is 11.8. The van der Waals surface area contributed by atoms with Crippen LogP contribution in [0.2, 0.25) is 0 Å². The topological polar surface area (TPSA) is 35.5 Å². The summed E-state index contributed by atoms with van der Waals surface area (Å²) in [5, 5.41) is 0. The van der Waals surface area contributed by atoms with Gasteiger partial charge in [-0.1, -0.05) is 51.3 Å². The fraction of sp³-hybridized carbons (Fsp3) is 0.500. The number of benzene rings is 1. The Morgan fingerprint density at radius 1 is 1.29 bits per heavy atom. The van der Waals surface area contributed by atoms with E-state index in [9.17, 15) is 4.79 Å². The lowest BCUT2D eigenvalue weighted by atomic mass is 10.0.